The van der Waals surface area contributed by atoms with Crippen molar-refractivity contribution in [3.05, 3.63) is 53.6 Å². The van der Waals surface area contributed by atoms with E-state index in [0.29, 0.717) is 6.04 Å². The van der Waals surface area contributed by atoms with Crippen LogP contribution in [-0.4, -0.2) is 40.6 Å². The predicted molar refractivity (Wildman–Crippen MR) is 85.3 cm³/mol. The fourth-order valence-corrected chi connectivity index (χ4v) is 2.99. The van der Waals surface area contributed by atoms with E-state index in [0.717, 1.165) is 38.4 Å². The van der Waals surface area contributed by atoms with Crippen molar-refractivity contribution in [2.75, 3.05) is 26.2 Å². The van der Waals surface area contributed by atoms with E-state index in [4.69, 9.17) is 0 Å². The molecule has 1 fully saturated rings. The second-order valence-corrected chi connectivity index (χ2v) is 5.89. The number of nitrogens with one attached hydrogen (secondary N) is 1. The molecule has 0 saturated carbocycles. The quantitative estimate of drug-likeness (QED) is 0.931. The topological polar surface area (TPSA) is 33.1 Å². The first-order valence-corrected chi connectivity index (χ1v) is 7.71. The molecule has 1 saturated heterocycles. The summed E-state index contributed by atoms with van der Waals surface area (Å²) in [5.74, 6) is 1.16. The molecular formula is C17H24N4. The van der Waals surface area contributed by atoms with Crippen molar-refractivity contribution in [3.8, 4) is 0 Å². The Morgan fingerprint density at radius 1 is 1.29 bits per heavy atom. The van der Waals surface area contributed by atoms with Gasteiger partial charge in [0.1, 0.15) is 5.82 Å². The van der Waals surface area contributed by atoms with Crippen LogP contribution < -0.4 is 5.32 Å². The molecule has 0 spiro atoms. The zero-order valence-electron chi connectivity index (χ0n) is 12.9. The highest BCUT2D eigenvalue weighted by Crippen LogP contribution is 2.20. The summed E-state index contributed by atoms with van der Waals surface area (Å²) < 4.78 is 2.14. The molecule has 4 heteroatoms. The van der Waals surface area contributed by atoms with Crippen LogP contribution in [0.2, 0.25) is 0 Å². The summed E-state index contributed by atoms with van der Waals surface area (Å²) in [6.07, 6.45) is 5.02. The third kappa shape index (κ3) is 3.34. The minimum absolute atomic E-state index is 0.379. The highest BCUT2D eigenvalue weighted by Gasteiger charge is 2.26. The van der Waals surface area contributed by atoms with Crippen LogP contribution >= 0.6 is 0 Å². The largest absolute Gasteiger partial charge is 0.337 e. The van der Waals surface area contributed by atoms with Gasteiger partial charge in [-0.15, -0.1) is 0 Å². The third-order valence-corrected chi connectivity index (χ3v) is 4.32. The number of hydrogen-bond acceptors (Lipinski definition) is 3. The van der Waals surface area contributed by atoms with Crippen LogP contribution in [0.15, 0.2) is 36.7 Å². The molecule has 112 valence electrons. The number of hydrogen-bond donors (Lipinski definition) is 1. The summed E-state index contributed by atoms with van der Waals surface area (Å²) in [5, 5.41) is 3.49. The van der Waals surface area contributed by atoms with Gasteiger partial charge in [-0.3, -0.25) is 4.90 Å². The van der Waals surface area contributed by atoms with E-state index in [1.807, 2.05) is 12.4 Å². The molecule has 1 aliphatic rings. The van der Waals surface area contributed by atoms with Gasteiger partial charge in [0.15, 0.2) is 0 Å². The van der Waals surface area contributed by atoms with Crippen LogP contribution in [-0.2, 0) is 13.5 Å². The molecular weight excluding hydrogens is 260 g/mol. The normalized spacial score (nSPS) is 19.8. The molecule has 1 aromatic heterocycles. The lowest BCUT2D eigenvalue weighted by atomic mass is 10.1. The van der Waals surface area contributed by atoms with Crippen molar-refractivity contribution in [3.63, 3.8) is 0 Å². The summed E-state index contributed by atoms with van der Waals surface area (Å²) in [5.41, 5.74) is 2.74. The van der Waals surface area contributed by atoms with E-state index in [-0.39, 0.29) is 0 Å². The van der Waals surface area contributed by atoms with Crippen molar-refractivity contribution < 1.29 is 0 Å². The number of nitrogens with zero attached hydrogens (tertiary/aromatic N) is 3. The number of rotatable bonds is 4. The Kier molecular flexibility index (Phi) is 4.36. The Hall–Kier alpha value is -1.65. The summed E-state index contributed by atoms with van der Waals surface area (Å²) in [6.45, 7) is 6.36. The number of benzene rings is 1. The Morgan fingerprint density at radius 3 is 2.81 bits per heavy atom. The molecule has 0 radical (unpaired) electrons. The van der Waals surface area contributed by atoms with E-state index in [9.17, 15) is 0 Å². The maximum atomic E-state index is 4.54. The Bertz CT molecular complexity index is 573. The van der Waals surface area contributed by atoms with Crippen LogP contribution in [0, 0.1) is 6.92 Å². The zero-order valence-corrected chi connectivity index (χ0v) is 12.9. The highest BCUT2D eigenvalue weighted by atomic mass is 15.3. The fraction of sp³-hybridized carbons (Fsp3) is 0.471. The van der Waals surface area contributed by atoms with Gasteiger partial charge in [-0.25, -0.2) is 4.98 Å². The average molecular weight is 284 g/mol. The third-order valence-electron chi connectivity index (χ3n) is 4.32. The Balaban J connectivity index is 1.67. The van der Waals surface area contributed by atoms with Gasteiger partial charge in [-0.2, -0.15) is 0 Å². The van der Waals surface area contributed by atoms with Crippen molar-refractivity contribution in [1.29, 1.82) is 0 Å². The van der Waals surface area contributed by atoms with Crippen LogP contribution in [0.25, 0.3) is 0 Å². The maximum Gasteiger partial charge on any atom is 0.127 e. The van der Waals surface area contributed by atoms with E-state index < -0.39 is 0 Å². The molecule has 1 unspecified atom stereocenters. The number of aryl methyl sites for hydroxylation is 2. The van der Waals surface area contributed by atoms with Crippen molar-refractivity contribution >= 4 is 0 Å². The molecule has 1 aromatic carbocycles. The number of piperazine rings is 1. The second kappa shape index (κ2) is 6.41. The van der Waals surface area contributed by atoms with Gasteiger partial charge in [0, 0.05) is 45.6 Å². The van der Waals surface area contributed by atoms with Crippen molar-refractivity contribution in [2.24, 2.45) is 7.05 Å². The summed E-state index contributed by atoms with van der Waals surface area (Å²) in [7, 11) is 2.08. The van der Waals surface area contributed by atoms with Crippen LogP contribution in [0.1, 0.15) is 23.0 Å². The Morgan fingerprint density at radius 2 is 2.10 bits per heavy atom. The smallest absolute Gasteiger partial charge is 0.127 e. The van der Waals surface area contributed by atoms with Crippen molar-refractivity contribution in [2.45, 2.75) is 19.4 Å². The molecule has 0 aliphatic carbocycles. The predicted octanol–water partition coefficient (Wildman–Crippen LogP) is 1.92. The van der Waals surface area contributed by atoms with Gasteiger partial charge in [0.05, 0.1) is 6.04 Å². The van der Waals surface area contributed by atoms with Crippen LogP contribution in [0.4, 0.5) is 0 Å². The molecule has 21 heavy (non-hydrogen) atoms. The lowest BCUT2D eigenvalue weighted by Crippen LogP contribution is -2.47. The van der Waals surface area contributed by atoms with E-state index in [1.165, 1.54) is 11.1 Å². The van der Waals surface area contributed by atoms with Gasteiger partial charge < -0.3 is 9.88 Å². The molecule has 4 nitrogen and oxygen atoms in total. The first-order chi connectivity index (χ1) is 10.2. The minimum atomic E-state index is 0.379. The Labute approximate surface area is 126 Å². The monoisotopic (exact) mass is 284 g/mol. The second-order valence-electron chi connectivity index (χ2n) is 5.89. The van der Waals surface area contributed by atoms with Gasteiger partial charge in [0.2, 0.25) is 0 Å². The van der Waals surface area contributed by atoms with Gasteiger partial charge >= 0.3 is 0 Å². The molecule has 0 amide bonds. The zero-order chi connectivity index (χ0) is 14.7. The molecule has 0 bridgehead atoms. The van der Waals surface area contributed by atoms with Gasteiger partial charge in [-0.05, 0) is 18.9 Å². The van der Waals surface area contributed by atoms with Gasteiger partial charge in [0.25, 0.3) is 0 Å². The van der Waals surface area contributed by atoms with Crippen molar-refractivity contribution in [1.82, 2.24) is 19.8 Å². The summed E-state index contributed by atoms with van der Waals surface area (Å²) in [4.78, 5) is 7.09. The first-order valence-electron chi connectivity index (χ1n) is 7.71. The maximum absolute atomic E-state index is 4.54. The van der Waals surface area contributed by atoms with E-state index in [2.05, 4.69) is 58.0 Å². The number of aromatic nitrogens is 2. The van der Waals surface area contributed by atoms with Gasteiger partial charge in [-0.1, -0.05) is 29.8 Å². The average Bonchev–Trinajstić information content (AvgIpc) is 2.93. The van der Waals surface area contributed by atoms with Crippen LogP contribution in [0.3, 0.4) is 0 Å². The standard InChI is InChI=1S/C17H24N4/c1-14-3-5-15(6-4-14)7-10-21-12-8-18-13-16(21)17-19-9-11-20(17)2/h3-6,9,11,16,18H,7-8,10,12-13H2,1-2H3. The molecule has 2 aromatic rings. The molecule has 2 heterocycles. The van der Waals surface area contributed by atoms with Crippen LogP contribution in [0.5, 0.6) is 0 Å². The fourth-order valence-electron chi connectivity index (χ4n) is 2.99. The first kappa shape index (κ1) is 14.3. The van der Waals surface area contributed by atoms with E-state index >= 15 is 0 Å². The van der Waals surface area contributed by atoms with E-state index in [1.54, 1.807) is 0 Å². The molecule has 1 N–H and O–H groups in total. The molecule has 1 atom stereocenters. The highest BCUT2D eigenvalue weighted by molar-refractivity contribution is 5.21. The number of imidazole rings is 1. The lowest BCUT2D eigenvalue weighted by molar-refractivity contribution is 0.155. The molecule has 1 aliphatic heterocycles. The molecule has 3 rings (SSSR count). The summed E-state index contributed by atoms with van der Waals surface area (Å²) >= 11 is 0. The summed E-state index contributed by atoms with van der Waals surface area (Å²) in [6, 6.07) is 9.26. The SMILES string of the molecule is Cc1ccc(CCN2CCNCC2c2nccn2C)cc1. The minimum Gasteiger partial charge on any atom is -0.337 e. The lowest BCUT2D eigenvalue weighted by Gasteiger charge is -2.35.